The molecule has 0 radical (unpaired) electrons. The molecule has 0 aliphatic carbocycles. The summed E-state index contributed by atoms with van der Waals surface area (Å²) in [6.07, 6.45) is -2.21. The third-order valence-electron chi connectivity index (χ3n) is 3.88. The minimum atomic E-state index is -2.21. The van der Waals surface area contributed by atoms with E-state index in [0.717, 1.165) is 19.6 Å². The number of rotatable bonds is 2. The van der Waals surface area contributed by atoms with Crippen molar-refractivity contribution in [3.63, 3.8) is 0 Å². The van der Waals surface area contributed by atoms with Gasteiger partial charge >= 0.3 is 0 Å². The molecule has 2 nitrogen and oxygen atoms in total. The summed E-state index contributed by atoms with van der Waals surface area (Å²) in [5.41, 5.74) is -0.0649. The molecule has 14 heavy (non-hydrogen) atoms. The number of hydrogen-bond acceptors (Lipinski definition) is 2. The summed E-state index contributed by atoms with van der Waals surface area (Å²) >= 11 is 0. The van der Waals surface area contributed by atoms with Crippen LogP contribution in [-0.4, -0.2) is 43.0 Å². The molecule has 0 aromatic heterocycles. The van der Waals surface area contributed by atoms with Gasteiger partial charge in [0.2, 0.25) is 0 Å². The third-order valence-corrected chi connectivity index (χ3v) is 3.88. The van der Waals surface area contributed by atoms with Crippen molar-refractivity contribution in [3.05, 3.63) is 0 Å². The molecule has 0 aromatic rings. The van der Waals surface area contributed by atoms with E-state index in [1.54, 1.807) is 0 Å². The minimum absolute atomic E-state index is 0.0649. The SMILES string of the molecule is CC1(C)C2CNCC2CN1CC(F)F. The lowest BCUT2D eigenvalue weighted by Gasteiger charge is -2.35. The summed E-state index contributed by atoms with van der Waals surface area (Å²) in [5, 5.41) is 3.34. The lowest BCUT2D eigenvalue weighted by atomic mass is 9.85. The molecule has 0 aromatic carbocycles. The van der Waals surface area contributed by atoms with Gasteiger partial charge in [-0.15, -0.1) is 0 Å². The number of nitrogens with zero attached hydrogens (tertiary/aromatic N) is 1. The van der Waals surface area contributed by atoms with Gasteiger partial charge in [-0.2, -0.15) is 0 Å². The highest BCUT2D eigenvalue weighted by Crippen LogP contribution is 2.40. The van der Waals surface area contributed by atoms with Crippen molar-refractivity contribution in [2.75, 3.05) is 26.2 Å². The lowest BCUT2D eigenvalue weighted by Crippen LogP contribution is -2.46. The maximum atomic E-state index is 12.3. The molecule has 82 valence electrons. The lowest BCUT2D eigenvalue weighted by molar-refractivity contribution is 0.0465. The zero-order valence-electron chi connectivity index (χ0n) is 8.76. The molecule has 2 aliphatic rings. The molecule has 2 rings (SSSR count). The molecule has 0 amide bonds. The number of hydrogen-bond donors (Lipinski definition) is 1. The molecular weight excluding hydrogens is 186 g/mol. The average Bonchev–Trinajstić information content (AvgIpc) is 2.57. The molecule has 2 heterocycles. The summed E-state index contributed by atoms with van der Waals surface area (Å²) in [6, 6.07) is 0. The molecular formula is C10H18F2N2. The van der Waals surface area contributed by atoms with E-state index >= 15 is 0 Å². The predicted octanol–water partition coefficient (Wildman–Crippen LogP) is 1.18. The molecule has 0 spiro atoms. The molecule has 1 N–H and O–H groups in total. The van der Waals surface area contributed by atoms with Gasteiger partial charge in [0.25, 0.3) is 6.43 Å². The van der Waals surface area contributed by atoms with E-state index in [1.807, 2.05) is 4.90 Å². The van der Waals surface area contributed by atoms with Crippen LogP contribution in [-0.2, 0) is 0 Å². The monoisotopic (exact) mass is 204 g/mol. The summed E-state index contributed by atoms with van der Waals surface area (Å²) in [5.74, 6) is 1.12. The number of alkyl halides is 2. The average molecular weight is 204 g/mol. The fraction of sp³-hybridized carbons (Fsp3) is 1.00. The van der Waals surface area contributed by atoms with Crippen molar-refractivity contribution >= 4 is 0 Å². The smallest absolute Gasteiger partial charge is 0.251 e. The van der Waals surface area contributed by atoms with Crippen LogP contribution in [0, 0.1) is 11.8 Å². The molecule has 2 unspecified atom stereocenters. The number of halogens is 2. The van der Waals surface area contributed by atoms with Crippen molar-refractivity contribution in [2.24, 2.45) is 11.8 Å². The van der Waals surface area contributed by atoms with Crippen LogP contribution >= 0.6 is 0 Å². The van der Waals surface area contributed by atoms with Gasteiger partial charge in [0.1, 0.15) is 0 Å². The van der Waals surface area contributed by atoms with Gasteiger partial charge in [0.05, 0.1) is 6.54 Å². The van der Waals surface area contributed by atoms with E-state index in [-0.39, 0.29) is 12.1 Å². The van der Waals surface area contributed by atoms with Crippen LogP contribution < -0.4 is 5.32 Å². The second-order valence-corrected chi connectivity index (χ2v) is 4.97. The molecule has 0 saturated carbocycles. The Balaban J connectivity index is 2.07. The van der Waals surface area contributed by atoms with Gasteiger partial charge in [0.15, 0.2) is 0 Å². The van der Waals surface area contributed by atoms with E-state index < -0.39 is 6.43 Å². The van der Waals surface area contributed by atoms with Crippen LogP contribution in [0.4, 0.5) is 8.78 Å². The van der Waals surface area contributed by atoms with Gasteiger partial charge < -0.3 is 5.32 Å². The zero-order chi connectivity index (χ0) is 10.3. The van der Waals surface area contributed by atoms with Gasteiger partial charge in [-0.25, -0.2) is 8.78 Å². The van der Waals surface area contributed by atoms with Gasteiger partial charge in [-0.3, -0.25) is 4.90 Å². The molecule has 2 fully saturated rings. The van der Waals surface area contributed by atoms with Crippen LogP contribution in [0.2, 0.25) is 0 Å². The quantitative estimate of drug-likeness (QED) is 0.726. The van der Waals surface area contributed by atoms with Crippen LogP contribution in [0.3, 0.4) is 0 Å². The highest BCUT2D eigenvalue weighted by atomic mass is 19.3. The Morgan fingerprint density at radius 3 is 2.71 bits per heavy atom. The topological polar surface area (TPSA) is 15.3 Å². The fourth-order valence-corrected chi connectivity index (χ4v) is 2.98. The first-order chi connectivity index (χ1) is 6.51. The maximum absolute atomic E-state index is 12.3. The molecule has 2 saturated heterocycles. The van der Waals surface area contributed by atoms with E-state index in [0.29, 0.717) is 11.8 Å². The summed E-state index contributed by atoms with van der Waals surface area (Å²) in [6.45, 7) is 6.92. The molecule has 2 aliphatic heterocycles. The number of nitrogens with one attached hydrogen (secondary N) is 1. The second-order valence-electron chi connectivity index (χ2n) is 4.97. The molecule has 4 heteroatoms. The summed E-state index contributed by atoms with van der Waals surface area (Å²) < 4.78 is 24.7. The summed E-state index contributed by atoms with van der Waals surface area (Å²) in [7, 11) is 0. The third kappa shape index (κ3) is 1.54. The van der Waals surface area contributed by atoms with Gasteiger partial charge in [-0.1, -0.05) is 0 Å². The Kier molecular flexibility index (Phi) is 2.52. The highest BCUT2D eigenvalue weighted by Gasteiger charge is 2.49. The Labute approximate surface area is 83.7 Å². The maximum Gasteiger partial charge on any atom is 0.251 e. The van der Waals surface area contributed by atoms with Crippen molar-refractivity contribution in [1.82, 2.24) is 10.2 Å². The van der Waals surface area contributed by atoms with E-state index in [2.05, 4.69) is 19.2 Å². The fourth-order valence-electron chi connectivity index (χ4n) is 2.98. The molecule has 2 atom stereocenters. The van der Waals surface area contributed by atoms with Crippen molar-refractivity contribution in [1.29, 1.82) is 0 Å². The second kappa shape index (κ2) is 3.42. The van der Waals surface area contributed by atoms with Gasteiger partial charge in [-0.05, 0) is 32.2 Å². The first kappa shape index (κ1) is 10.3. The van der Waals surface area contributed by atoms with E-state index in [1.165, 1.54) is 0 Å². The van der Waals surface area contributed by atoms with E-state index in [4.69, 9.17) is 0 Å². The van der Waals surface area contributed by atoms with Crippen molar-refractivity contribution in [3.8, 4) is 0 Å². The van der Waals surface area contributed by atoms with E-state index in [9.17, 15) is 8.78 Å². The first-order valence-electron chi connectivity index (χ1n) is 5.25. The Bertz CT molecular complexity index is 218. The van der Waals surface area contributed by atoms with Gasteiger partial charge in [0, 0.05) is 18.6 Å². The van der Waals surface area contributed by atoms with Crippen LogP contribution in [0.5, 0.6) is 0 Å². The van der Waals surface area contributed by atoms with Crippen LogP contribution in [0.15, 0.2) is 0 Å². The highest BCUT2D eigenvalue weighted by molar-refractivity contribution is 5.04. The summed E-state index contributed by atoms with van der Waals surface area (Å²) in [4.78, 5) is 1.95. The Hall–Kier alpha value is -0.220. The number of fused-ring (bicyclic) bond motifs is 1. The standard InChI is InChI=1S/C10H18F2N2/c1-10(2)8-4-13-3-7(8)5-14(10)6-9(11)12/h7-9,13H,3-6H2,1-2H3. The Morgan fingerprint density at radius 2 is 2.14 bits per heavy atom. The normalized spacial score (nSPS) is 36.6. The largest absolute Gasteiger partial charge is 0.316 e. The zero-order valence-corrected chi connectivity index (χ0v) is 8.76. The first-order valence-corrected chi connectivity index (χ1v) is 5.25. The number of likely N-dealkylation sites (tertiary alicyclic amines) is 1. The molecule has 0 bridgehead atoms. The Morgan fingerprint density at radius 1 is 1.43 bits per heavy atom. The predicted molar refractivity (Wildman–Crippen MR) is 51.5 cm³/mol. The van der Waals surface area contributed by atoms with Crippen LogP contribution in [0.1, 0.15) is 13.8 Å². The van der Waals surface area contributed by atoms with Crippen molar-refractivity contribution < 1.29 is 8.78 Å². The van der Waals surface area contributed by atoms with Crippen molar-refractivity contribution in [2.45, 2.75) is 25.8 Å². The van der Waals surface area contributed by atoms with Crippen LogP contribution in [0.25, 0.3) is 0 Å². The minimum Gasteiger partial charge on any atom is -0.316 e.